The predicted octanol–water partition coefficient (Wildman–Crippen LogP) is 26.7. The zero-order valence-electron chi connectivity index (χ0n) is 70.8. The van der Waals surface area contributed by atoms with Crippen LogP contribution in [0.3, 0.4) is 0 Å². The van der Waals surface area contributed by atoms with Crippen molar-refractivity contribution in [2.75, 3.05) is 39.6 Å². The highest BCUT2D eigenvalue weighted by Gasteiger charge is 2.31. The normalized spacial score (nSPS) is 14.1. The quantitative estimate of drug-likeness (QED) is 0.0222. The molecule has 0 heterocycles. The molecule has 0 aromatic rings. The van der Waals surface area contributed by atoms with Gasteiger partial charge < -0.3 is 33.8 Å². The maximum Gasteiger partial charge on any atom is 0.472 e. The van der Waals surface area contributed by atoms with Crippen LogP contribution in [0.2, 0.25) is 0 Å². The third-order valence-electron chi connectivity index (χ3n) is 20.9. The van der Waals surface area contributed by atoms with Gasteiger partial charge in [0.05, 0.1) is 26.4 Å². The Morgan fingerprint density at radius 1 is 0.262 bits per heavy atom. The second-order valence-electron chi connectivity index (χ2n) is 33.3. The first-order valence-electron chi connectivity index (χ1n) is 45.2. The van der Waals surface area contributed by atoms with Gasteiger partial charge in [-0.25, -0.2) is 9.13 Å². The topological polar surface area (TPSA) is 237 Å². The number of esters is 4. The van der Waals surface area contributed by atoms with Crippen molar-refractivity contribution in [3.63, 3.8) is 0 Å². The monoisotopic (exact) mass is 1560 g/mol. The van der Waals surface area contributed by atoms with Crippen LogP contribution in [0, 0.1) is 23.7 Å². The molecule has 0 saturated heterocycles. The van der Waals surface area contributed by atoms with E-state index in [1.54, 1.807) is 0 Å². The molecule has 0 aliphatic rings. The molecule has 19 heteroatoms. The van der Waals surface area contributed by atoms with Crippen molar-refractivity contribution in [1.29, 1.82) is 0 Å². The number of hydrogen-bond donors (Lipinski definition) is 3. The summed E-state index contributed by atoms with van der Waals surface area (Å²) in [5, 5.41) is 10.7. The summed E-state index contributed by atoms with van der Waals surface area (Å²) in [5.41, 5.74) is 0. The molecule has 0 spiro atoms. The predicted molar refractivity (Wildman–Crippen MR) is 441 cm³/mol. The van der Waals surface area contributed by atoms with Crippen molar-refractivity contribution in [3.8, 4) is 0 Å². The Balaban J connectivity index is 5.17. The number of aliphatic hydroxyl groups excluding tert-OH is 1. The Morgan fingerprint density at radius 3 is 0.664 bits per heavy atom. The maximum atomic E-state index is 13.1. The largest absolute Gasteiger partial charge is 0.472 e. The fraction of sp³-hybridized carbons (Fsp3) is 0.955. The molecule has 636 valence electrons. The standard InChI is InChI=1S/C88H172O17P2/c1-9-81(8)67-59-51-43-35-29-23-19-15-11-13-16-20-24-30-36-44-52-60-68-85(90)98-74-83(104-88(93)71-63-55-46-38-32-26-28-34-41-49-57-65-79(4)5)76-102-106(94,95)100-72-82(89)73-101-107(96,97)103-77-84(75-99-86(91)69-61-53-47-39-42-50-58-66-80(6)7)105-87(92)70-62-54-45-37-31-25-21-17-12-10-14-18-22-27-33-40-48-56-64-78(2)3/h78-84,89H,9-77H2,1-8H3,(H,94,95)(H,96,97)/t81?,82?,83-,84-/m1/s1. The second-order valence-corrected chi connectivity index (χ2v) is 36.2. The number of unbranched alkanes of at least 4 members (excludes halogenated alkanes) is 50. The summed E-state index contributed by atoms with van der Waals surface area (Å²) in [6.45, 7) is 14.3. The molecule has 0 aromatic heterocycles. The number of ether oxygens (including phenoxy) is 4. The highest BCUT2D eigenvalue weighted by Crippen LogP contribution is 2.45. The maximum absolute atomic E-state index is 13.1. The molecule has 0 bridgehead atoms. The Hall–Kier alpha value is -1.94. The molecule has 0 amide bonds. The second kappa shape index (κ2) is 76.7. The van der Waals surface area contributed by atoms with E-state index in [9.17, 15) is 43.2 Å². The molecular formula is C88H172O17P2. The van der Waals surface area contributed by atoms with Crippen LogP contribution in [0.1, 0.15) is 460 Å². The molecule has 0 rings (SSSR count). The molecular weight excluding hydrogens is 1390 g/mol. The van der Waals surface area contributed by atoms with Gasteiger partial charge in [0.15, 0.2) is 12.2 Å². The number of aliphatic hydroxyl groups is 1. The molecule has 0 aromatic carbocycles. The summed E-state index contributed by atoms with van der Waals surface area (Å²) in [4.78, 5) is 73.2. The first-order valence-corrected chi connectivity index (χ1v) is 48.2. The van der Waals surface area contributed by atoms with E-state index in [4.69, 9.17) is 37.0 Å². The minimum atomic E-state index is -4.97. The molecule has 0 aliphatic carbocycles. The average Bonchev–Trinajstić information content (AvgIpc) is 0.905. The number of hydrogen-bond acceptors (Lipinski definition) is 15. The van der Waals surface area contributed by atoms with Crippen molar-refractivity contribution in [1.82, 2.24) is 0 Å². The van der Waals surface area contributed by atoms with Crippen LogP contribution >= 0.6 is 15.6 Å². The van der Waals surface area contributed by atoms with Crippen molar-refractivity contribution >= 4 is 39.5 Å². The molecule has 107 heavy (non-hydrogen) atoms. The van der Waals surface area contributed by atoms with Gasteiger partial charge in [-0.3, -0.25) is 37.3 Å². The number of phosphoric ester groups is 2. The highest BCUT2D eigenvalue weighted by atomic mass is 31.2. The van der Waals surface area contributed by atoms with Crippen molar-refractivity contribution in [3.05, 3.63) is 0 Å². The average molecular weight is 1560 g/mol. The molecule has 0 fully saturated rings. The lowest BCUT2D eigenvalue weighted by atomic mass is 9.99. The van der Waals surface area contributed by atoms with Crippen LogP contribution in [0.25, 0.3) is 0 Å². The Labute approximate surface area is 658 Å². The van der Waals surface area contributed by atoms with Gasteiger partial charge in [0.2, 0.25) is 0 Å². The summed E-state index contributed by atoms with van der Waals surface area (Å²) in [7, 11) is -9.93. The molecule has 6 atom stereocenters. The van der Waals surface area contributed by atoms with Gasteiger partial charge in [-0.15, -0.1) is 0 Å². The molecule has 0 radical (unpaired) electrons. The van der Waals surface area contributed by atoms with E-state index in [1.807, 2.05) is 0 Å². The summed E-state index contributed by atoms with van der Waals surface area (Å²) >= 11 is 0. The van der Waals surface area contributed by atoms with Gasteiger partial charge in [0.25, 0.3) is 0 Å². The third kappa shape index (κ3) is 80.5. The molecule has 17 nitrogen and oxygen atoms in total. The van der Waals surface area contributed by atoms with E-state index in [0.29, 0.717) is 31.6 Å². The zero-order valence-corrected chi connectivity index (χ0v) is 72.6. The van der Waals surface area contributed by atoms with Crippen molar-refractivity contribution in [2.45, 2.75) is 478 Å². The van der Waals surface area contributed by atoms with Crippen LogP contribution in [0.5, 0.6) is 0 Å². The van der Waals surface area contributed by atoms with Gasteiger partial charge in [-0.1, -0.05) is 409 Å². The number of rotatable bonds is 85. The van der Waals surface area contributed by atoms with Crippen LogP contribution in [0.4, 0.5) is 0 Å². The first kappa shape index (κ1) is 105. The number of phosphoric acid groups is 2. The van der Waals surface area contributed by atoms with E-state index in [-0.39, 0.29) is 25.7 Å². The third-order valence-corrected chi connectivity index (χ3v) is 22.8. The van der Waals surface area contributed by atoms with Gasteiger partial charge in [0.1, 0.15) is 19.3 Å². The molecule has 0 aliphatic heterocycles. The summed E-state index contributed by atoms with van der Waals surface area (Å²) in [6.07, 6.45) is 66.8. The van der Waals surface area contributed by atoms with Crippen LogP contribution in [-0.2, 0) is 65.4 Å². The lowest BCUT2D eigenvalue weighted by Crippen LogP contribution is -2.30. The summed E-state index contributed by atoms with van der Waals surface area (Å²) in [5.74, 6) is 1.06. The van der Waals surface area contributed by atoms with Gasteiger partial charge in [-0.2, -0.15) is 0 Å². The Morgan fingerprint density at radius 2 is 0.449 bits per heavy atom. The van der Waals surface area contributed by atoms with E-state index in [2.05, 4.69) is 55.4 Å². The smallest absolute Gasteiger partial charge is 0.462 e. The summed E-state index contributed by atoms with van der Waals surface area (Å²) < 4.78 is 68.9. The summed E-state index contributed by atoms with van der Waals surface area (Å²) in [6, 6.07) is 0. The Bertz CT molecular complexity index is 2080. The fourth-order valence-corrected chi connectivity index (χ4v) is 15.2. The zero-order chi connectivity index (χ0) is 78.8. The lowest BCUT2D eigenvalue weighted by molar-refractivity contribution is -0.161. The molecule has 3 N–H and O–H groups in total. The van der Waals surface area contributed by atoms with Gasteiger partial charge in [0, 0.05) is 25.7 Å². The van der Waals surface area contributed by atoms with Crippen LogP contribution in [0.15, 0.2) is 0 Å². The van der Waals surface area contributed by atoms with E-state index in [1.165, 1.54) is 257 Å². The van der Waals surface area contributed by atoms with E-state index in [0.717, 1.165) is 114 Å². The van der Waals surface area contributed by atoms with Crippen molar-refractivity contribution < 1.29 is 80.2 Å². The molecule has 4 unspecified atom stereocenters. The van der Waals surface area contributed by atoms with Gasteiger partial charge >= 0.3 is 39.5 Å². The Kier molecular flexibility index (Phi) is 75.3. The first-order chi connectivity index (χ1) is 51.6. The SMILES string of the molecule is CCC(C)CCCCCCCCCCCCCCCCCCCCC(=O)OC[C@H](COP(=O)(O)OCC(O)COP(=O)(O)OC[C@@H](COC(=O)CCCCCCCCCC(C)C)OC(=O)CCCCCCCCCCCCCCCCCCCCC(C)C)OC(=O)CCCCCCCCCCCCCC(C)C. The number of carbonyl (C=O) groups is 4. The molecule has 0 saturated carbocycles. The van der Waals surface area contributed by atoms with E-state index < -0.39 is 97.5 Å². The van der Waals surface area contributed by atoms with Gasteiger partial charge in [-0.05, 0) is 49.4 Å². The minimum absolute atomic E-state index is 0.107. The lowest BCUT2D eigenvalue weighted by Gasteiger charge is -2.21. The van der Waals surface area contributed by atoms with Crippen LogP contribution < -0.4 is 0 Å². The number of carbonyl (C=O) groups excluding carboxylic acids is 4. The minimum Gasteiger partial charge on any atom is -0.462 e. The van der Waals surface area contributed by atoms with Crippen LogP contribution in [-0.4, -0.2) is 96.7 Å². The highest BCUT2D eigenvalue weighted by molar-refractivity contribution is 7.47. The fourth-order valence-electron chi connectivity index (χ4n) is 13.6. The van der Waals surface area contributed by atoms with E-state index >= 15 is 0 Å². The van der Waals surface area contributed by atoms with Crippen molar-refractivity contribution in [2.24, 2.45) is 23.7 Å².